The number of nitrogens with one attached hydrogen (secondary N) is 1. The molecule has 25 heavy (non-hydrogen) atoms. The van der Waals surface area contributed by atoms with Crippen LogP contribution in [0.1, 0.15) is 23.6 Å². The first-order chi connectivity index (χ1) is 11.9. The largest absolute Gasteiger partial charge is 0.454 e. The Morgan fingerprint density at radius 2 is 2.08 bits per heavy atom. The molecule has 0 spiro atoms. The smallest absolute Gasteiger partial charge is 0.237 e. The molecule has 0 aromatic heterocycles. The van der Waals surface area contributed by atoms with E-state index in [4.69, 9.17) is 21.1 Å². The first-order valence-electron chi connectivity index (χ1n) is 8.02. The molecule has 1 N–H and O–H groups in total. The van der Waals surface area contributed by atoms with Gasteiger partial charge in [-0.25, -0.2) is 0 Å². The minimum atomic E-state index is -0.190. The molecule has 1 amide bonds. The lowest BCUT2D eigenvalue weighted by Crippen LogP contribution is -2.23. The van der Waals surface area contributed by atoms with Gasteiger partial charge in [-0.1, -0.05) is 29.3 Å². The van der Waals surface area contributed by atoms with Crippen molar-refractivity contribution >= 4 is 35.0 Å². The van der Waals surface area contributed by atoms with Crippen LogP contribution in [0.15, 0.2) is 30.3 Å². The van der Waals surface area contributed by atoms with Gasteiger partial charge in [-0.15, -0.1) is 11.8 Å². The van der Waals surface area contributed by atoms with Crippen molar-refractivity contribution < 1.29 is 14.3 Å². The van der Waals surface area contributed by atoms with Gasteiger partial charge in [-0.2, -0.15) is 0 Å². The van der Waals surface area contributed by atoms with Gasteiger partial charge in [-0.05, 0) is 50.1 Å². The van der Waals surface area contributed by atoms with Gasteiger partial charge in [-0.3, -0.25) is 4.79 Å². The predicted molar refractivity (Wildman–Crippen MR) is 103 cm³/mol. The number of carbonyl (C=O) groups excluding carboxylic acids is 1. The fourth-order valence-electron chi connectivity index (χ4n) is 2.59. The van der Waals surface area contributed by atoms with E-state index < -0.39 is 0 Å². The summed E-state index contributed by atoms with van der Waals surface area (Å²) in [6.45, 7) is 6.13. The first kappa shape index (κ1) is 18.0. The zero-order valence-corrected chi connectivity index (χ0v) is 16.0. The Morgan fingerprint density at radius 3 is 2.84 bits per heavy atom. The number of benzene rings is 2. The van der Waals surface area contributed by atoms with Crippen molar-refractivity contribution in [1.82, 2.24) is 0 Å². The first-order valence-corrected chi connectivity index (χ1v) is 9.44. The van der Waals surface area contributed by atoms with E-state index in [0.29, 0.717) is 22.3 Å². The maximum absolute atomic E-state index is 12.4. The van der Waals surface area contributed by atoms with Crippen molar-refractivity contribution in [1.29, 1.82) is 0 Å². The van der Waals surface area contributed by atoms with E-state index in [1.165, 1.54) is 5.56 Å². The van der Waals surface area contributed by atoms with E-state index in [2.05, 4.69) is 11.4 Å². The molecule has 132 valence electrons. The van der Waals surface area contributed by atoms with E-state index in [0.717, 1.165) is 16.8 Å². The number of thioether (sulfide) groups is 1. The van der Waals surface area contributed by atoms with Gasteiger partial charge in [0.1, 0.15) is 0 Å². The average molecular weight is 378 g/mol. The Bertz CT molecular complexity index is 809. The van der Waals surface area contributed by atoms with E-state index in [-0.39, 0.29) is 18.0 Å². The number of ether oxygens (including phenoxy) is 2. The molecule has 2 aromatic carbocycles. The summed E-state index contributed by atoms with van der Waals surface area (Å²) < 4.78 is 10.7. The van der Waals surface area contributed by atoms with E-state index in [1.54, 1.807) is 11.8 Å². The second-order valence-electron chi connectivity index (χ2n) is 6.07. The van der Waals surface area contributed by atoms with Gasteiger partial charge < -0.3 is 14.8 Å². The number of halogens is 1. The Kier molecular flexibility index (Phi) is 5.45. The number of anilines is 1. The predicted octanol–water partition coefficient (Wildman–Crippen LogP) is 4.95. The van der Waals surface area contributed by atoms with Crippen molar-refractivity contribution in [2.75, 3.05) is 12.1 Å². The SMILES string of the molecule is Cc1ccc(NC(=O)C(C)SCc2cc(Cl)c3c(c2)OCO3)c(C)c1. The molecule has 1 heterocycles. The number of carbonyl (C=O) groups is 1. The van der Waals surface area contributed by atoms with Gasteiger partial charge >= 0.3 is 0 Å². The van der Waals surface area contributed by atoms with Crippen LogP contribution in [0.3, 0.4) is 0 Å². The second-order valence-corrected chi connectivity index (χ2v) is 7.81. The molecule has 1 aliphatic heterocycles. The lowest BCUT2D eigenvalue weighted by molar-refractivity contribution is -0.115. The number of amides is 1. The number of fused-ring (bicyclic) bond motifs is 1. The molecule has 3 rings (SSSR count). The van der Waals surface area contributed by atoms with Crippen molar-refractivity contribution in [2.24, 2.45) is 0 Å². The standard InChI is InChI=1S/C19H20ClNO3S/c1-11-4-5-16(12(2)6-11)21-19(22)13(3)25-9-14-7-15(20)18-17(8-14)23-10-24-18/h4-8,13H,9-10H2,1-3H3,(H,21,22). The van der Waals surface area contributed by atoms with Crippen LogP contribution in [0.25, 0.3) is 0 Å². The van der Waals surface area contributed by atoms with Crippen LogP contribution >= 0.6 is 23.4 Å². The molecule has 1 atom stereocenters. The average Bonchev–Trinajstić information content (AvgIpc) is 3.04. The second kappa shape index (κ2) is 7.58. The number of rotatable bonds is 5. The normalized spacial score (nSPS) is 13.6. The Balaban J connectivity index is 1.59. The Labute approximate surface area is 156 Å². The molecule has 0 radical (unpaired) electrons. The Hall–Kier alpha value is -1.85. The lowest BCUT2D eigenvalue weighted by atomic mass is 10.1. The highest BCUT2D eigenvalue weighted by Crippen LogP contribution is 2.40. The molecular weight excluding hydrogens is 358 g/mol. The highest BCUT2D eigenvalue weighted by Gasteiger charge is 2.20. The zero-order chi connectivity index (χ0) is 18.0. The fraction of sp³-hybridized carbons (Fsp3) is 0.316. The monoisotopic (exact) mass is 377 g/mol. The topological polar surface area (TPSA) is 47.6 Å². The third kappa shape index (κ3) is 4.22. The van der Waals surface area contributed by atoms with E-state index >= 15 is 0 Å². The number of aryl methyl sites for hydroxylation is 2. The van der Waals surface area contributed by atoms with Crippen LogP contribution in [0.2, 0.25) is 5.02 Å². The summed E-state index contributed by atoms with van der Waals surface area (Å²) >= 11 is 7.75. The van der Waals surface area contributed by atoms with Gasteiger partial charge in [0, 0.05) is 11.4 Å². The van der Waals surface area contributed by atoms with E-state index in [1.807, 2.05) is 45.0 Å². The molecule has 4 nitrogen and oxygen atoms in total. The van der Waals surface area contributed by atoms with Gasteiger partial charge in [0.2, 0.25) is 12.7 Å². The summed E-state index contributed by atoms with van der Waals surface area (Å²) in [7, 11) is 0. The molecule has 0 bridgehead atoms. The van der Waals surface area contributed by atoms with Crippen molar-refractivity contribution in [3.63, 3.8) is 0 Å². The maximum Gasteiger partial charge on any atom is 0.237 e. The van der Waals surface area contributed by atoms with Gasteiger partial charge in [0.25, 0.3) is 0 Å². The van der Waals surface area contributed by atoms with Crippen molar-refractivity contribution in [3.8, 4) is 11.5 Å². The van der Waals surface area contributed by atoms with Gasteiger partial charge in [0.05, 0.1) is 10.3 Å². The molecule has 1 aliphatic rings. The molecule has 0 saturated carbocycles. The van der Waals surface area contributed by atoms with Gasteiger partial charge in [0.15, 0.2) is 11.5 Å². The van der Waals surface area contributed by atoms with Crippen LogP contribution in [0.5, 0.6) is 11.5 Å². The molecule has 1 unspecified atom stereocenters. The molecule has 6 heteroatoms. The summed E-state index contributed by atoms with van der Waals surface area (Å²) in [5.41, 5.74) is 4.10. The van der Waals surface area contributed by atoms with Crippen molar-refractivity contribution in [3.05, 3.63) is 52.0 Å². The molecular formula is C19H20ClNO3S. The van der Waals surface area contributed by atoms with Crippen LogP contribution in [0.4, 0.5) is 5.69 Å². The quantitative estimate of drug-likeness (QED) is 0.801. The maximum atomic E-state index is 12.4. The van der Waals surface area contributed by atoms with Crippen LogP contribution in [0, 0.1) is 13.8 Å². The molecule has 2 aromatic rings. The minimum absolute atomic E-state index is 0.0104. The molecule has 0 aliphatic carbocycles. The summed E-state index contributed by atoms with van der Waals surface area (Å²) in [5.74, 6) is 1.91. The van der Waals surface area contributed by atoms with Crippen LogP contribution in [-0.4, -0.2) is 18.0 Å². The molecule has 0 saturated heterocycles. The van der Waals surface area contributed by atoms with Crippen LogP contribution < -0.4 is 14.8 Å². The highest BCUT2D eigenvalue weighted by molar-refractivity contribution is 7.99. The fourth-order valence-corrected chi connectivity index (χ4v) is 3.70. The third-order valence-corrected chi connectivity index (χ3v) is 5.49. The summed E-state index contributed by atoms with van der Waals surface area (Å²) in [6, 6.07) is 9.77. The van der Waals surface area contributed by atoms with Crippen LogP contribution in [-0.2, 0) is 10.5 Å². The number of hydrogen-bond acceptors (Lipinski definition) is 4. The summed E-state index contributed by atoms with van der Waals surface area (Å²) in [6.07, 6.45) is 0. The minimum Gasteiger partial charge on any atom is -0.454 e. The summed E-state index contributed by atoms with van der Waals surface area (Å²) in [4.78, 5) is 12.4. The third-order valence-electron chi connectivity index (χ3n) is 4.00. The Morgan fingerprint density at radius 1 is 1.28 bits per heavy atom. The van der Waals surface area contributed by atoms with Crippen molar-refractivity contribution in [2.45, 2.75) is 31.8 Å². The molecule has 0 fully saturated rings. The highest BCUT2D eigenvalue weighted by atomic mass is 35.5. The van der Waals surface area contributed by atoms with E-state index in [9.17, 15) is 4.79 Å². The number of hydrogen-bond donors (Lipinski definition) is 1. The lowest BCUT2D eigenvalue weighted by Gasteiger charge is -2.14. The zero-order valence-electron chi connectivity index (χ0n) is 14.4. The summed E-state index contributed by atoms with van der Waals surface area (Å²) in [5, 5.41) is 3.35.